The Morgan fingerprint density at radius 2 is 1.79 bits per heavy atom. The molecule has 0 aliphatic heterocycles. The number of rotatable bonds is 6. The molecule has 9 heteroatoms. The highest BCUT2D eigenvalue weighted by atomic mass is 32.2. The quantitative estimate of drug-likeness (QED) is 0.468. The summed E-state index contributed by atoms with van der Waals surface area (Å²) in [6, 6.07) is 13.9. The third-order valence-electron chi connectivity index (χ3n) is 3.93. The van der Waals surface area contributed by atoms with Crippen LogP contribution in [0, 0.1) is 5.82 Å². The molecule has 28 heavy (non-hydrogen) atoms. The zero-order valence-corrected chi connectivity index (χ0v) is 16.0. The van der Waals surface area contributed by atoms with Crippen LogP contribution in [-0.2, 0) is 16.6 Å². The highest BCUT2D eigenvalue weighted by molar-refractivity contribution is 7.93. The van der Waals surface area contributed by atoms with Crippen molar-refractivity contribution in [3.63, 3.8) is 0 Å². The Bertz CT molecular complexity index is 1160. The van der Waals surface area contributed by atoms with Gasteiger partial charge in [0, 0.05) is 17.1 Å². The molecule has 0 atom stereocenters. The van der Waals surface area contributed by atoms with Gasteiger partial charge in [0.05, 0.1) is 11.1 Å². The molecule has 2 aromatic carbocycles. The average molecular weight is 415 g/mol. The van der Waals surface area contributed by atoms with E-state index in [4.69, 9.17) is 4.42 Å². The molecular formula is C19H14FN3O3S2. The smallest absolute Gasteiger partial charge is 0.266 e. The van der Waals surface area contributed by atoms with Gasteiger partial charge in [0.25, 0.3) is 10.0 Å². The number of hydrogen-bond acceptors (Lipinski definition) is 6. The van der Waals surface area contributed by atoms with E-state index in [0.717, 1.165) is 4.31 Å². The summed E-state index contributed by atoms with van der Waals surface area (Å²) in [5.41, 5.74) is 0.645. The van der Waals surface area contributed by atoms with Gasteiger partial charge in [-0.3, -0.25) is 0 Å². The van der Waals surface area contributed by atoms with Crippen molar-refractivity contribution in [3.8, 4) is 11.3 Å². The van der Waals surface area contributed by atoms with Crippen molar-refractivity contribution in [2.45, 2.75) is 11.4 Å². The Labute approximate surface area is 165 Å². The topological polar surface area (TPSA) is 76.3 Å². The molecular weight excluding hydrogens is 401 g/mol. The predicted octanol–water partition coefficient (Wildman–Crippen LogP) is 4.33. The van der Waals surface area contributed by atoms with Gasteiger partial charge in [-0.1, -0.05) is 18.2 Å². The third-order valence-corrected chi connectivity index (χ3v) is 6.59. The molecule has 142 valence electrons. The fourth-order valence-electron chi connectivity index (χ4n) is 2.57. The standard InChI is InChI=1S/C19H14FN3O3S2/c20-15-8-6-14(7-9-15)17-12-22-18(26-17)13-23(19-21-10-11-27-19)28(24,25)16-4-2-1-3-5-16/h1-12H,13H2. The number of thiazole rings is 1. The van der Waals surface area contributed by atoms with Crippen LogP contribution in [-0.4, -0.2) is 18.4 Å². The number of benzene rings is 2. The molecule has 2 heterocycles. The fourth-order valence-corrected chi connectivity index (χ4v) is 4.83. The number of halogens is 1. The van der Waals surface area contributed by atoms with Crippen LogP contribution in [0.25, 0.3) is 11.3 Å². The summed E-state index contributed by atoms with van der Waals surface area (Å²) in [4.78, 5) is 8.46. The molecule has 0 spiro atoms. The predicted molar refractivity (Wildman–Crippen MR) is 104 cm³/mol. The van der Waals surface area contributed by atoms with E-state index in [-0.39, 0.29) is 23.1 Å². The Balaban J connectivity index is 1.67. The molecule has 0 saturated heterocycles. The van der Waals surface area contributed by atoms with Crippen LogP contribution in [0.2, 0.25) is 0 Å². The normalized spacial score (nSPS) is 11.5. The van der Waals surface area contributed by atoms with E-state index in [2.05, 4.69) is 9.97 Å². The molecule has 0 aliphatic rings. The van der Waals surface area contributed by atoms with E-state index >= 15 is 0 Å². The first kappa shape index (κ1) is 18.3. The van der Waals surface area contributed by atoms with E-state index in [0.29, 0.717) is 16.5 Å². The van der Waals surface area contributed by atoms with Gasteiger partial charge in [-0.05, 0) is 36.4 Å². The van der Waals surface area contributed by atoms with Crippen molar-refractivity contribution in [2.24, 2.45) is 0 Å². The molecule has 4 aromatic rings. The Morgan fingerprint density at radius 1 is 1.04 bits per heavy atom. The van der Waals surface area contributed by atoms with Crippen LogP contribution in [0.3, 0.4) is 0 Å². The van der Waals surface area contributed by atoms with Crippen LogP contribution in [0.1, 0.15) is 5.89 Å². The second kappa shape index (κ2) is 7.53. The lowest BCUT2D eigenvalue weighted by Gasteiger charge is -2.20. The van der Waals surface area contributed by atoms with E-state index in [9.17, 15) is 12.8 Å². The van der Waals surface area contributed by atoms with E-state index in [1.165, 1.54) is 48.0 Å². The third kappa shape index (κ3) is 3.67. The number of anilines is 1. The maximum Gasteiger partial charge on any atom is 0.266 e. The Morgan fingerprint density at radius 3 is 2.46 bits per heavy atom. The summed E-state index contributed by atoms with van der Waals surface area (Å²) in [6.45, 7) is -0.119. The van der Waals surface area contributed by atoms with E-state index in [1.54, 1.807) is 35.7 Å². The van der Waals surface area contributed by atoms with Crippen molar-refractivity contribution in [3.05, 3.63) is 84.1 Å². The van der Waals surface area contributed by atoms with Crippen LogP contribution in [0.5, 0.6) is 0 Å². The van der Waals surface area contributed by atoms with Crippen LogP contribution >= 0.6 is 11.3 Å². The molecule has 0 fully saturated rings. The van der Waals surface area contributed by atoms with Crippen LogP contribution in [0.15, 0.2) is 81.7 Å². The summed E-state index contributed by atoms with van der Waals surface area (Å²) >= 11 is 1.20. The first-order valence-electron chi connectivity index (χ1n) is 8.22. The van der Waals surface area contributed by atoms with Gasteiger partial charge in [-0.2, -0.15) is 0 Å². The number of hydrogen-bond donors (Lipinski definition) is 0. The van der Waals surface area contributed by atoms with Crippen molar-refractivity contribution in [1.82, 2.24) is 9.97 Å². The Kier molecular flexibility index (Phi) is 4.93. The molecule has 6 nitrogen and oxygen atoms in total. The minimum atomic E-state index is -3.85. The fraction of sp³-hybridized carbons (Fsp3) is 0.0526. The average Bonchev–Trinajstić information content (AvgIpc) is 3.39. The van der Waals surface area contributed by atoms with Crippen LogP contribution < -0.4 is 4.31 Å². The largest absolute Gasteiger partial charge is 0.439 e. The van der Waals surface area contributed by atoms with Gasteiger partial charge in [0.2, 0.25) is 5.89 Å². The zero-order chi connectivity index (χ0) is 19.6. The lowest BCUT2D eigenvalue weighted by molar-refractivity contribution is 0.505. The van der Waals surface area contributed by atoms with Gasteiger partial charge in [0.15, 0.2) is 10.9 Å². The number of nitrogens with zero attached hydrogens (tertiary/aromatic N) is 3. The lowest BCUT2D eigenvalue weighted by atomic mass is 10.2. The number of aromatic nitrogens is 2. The summed E-state index contributed by atoms with van der Waals surface area (Å²) in [6.07, 6.45) is 3.02. The summed E-state index contributed by atoms with van der Waals surface area (Å²) < 4.78 is 46.2. The molecule has 2 aromatic heterocycles. The van der Waals surface area contributed by atoms with Gasteiger partial charge in [-0.15, -0.1) is 11.3 Å². The monoisotopic (exact) mass is 415 g/mol. The molecule has 0 amide bonds. The number of oxazole rings is 1. The highest BCUT2D eigenvalue weighted by Crippen LogP contribution is 2.28. The zero-order valence-electron chi connectivity index (χ0n) is 14.4. The maximum absolute atomic E-state index is 13.1. The first-order chi connectivity index (χ1) is 13.5. The second-order valence-electron chi connectivity index (χ2n) is 5.76. The van der Waals surface area contributed by atoms with Crippen LogP contribution in [0.4, 0.5) is 9.52 Å². The SMILES string of the molecule is O=S(=O)(c1ccccc1)N(Cc1ncc(-c2ccc(F)cc2)o1)c1nccs1. The first-order valence-corrected chi connectivity index (χ1v) is 10.5. The molecule has 0 aliphatic carbocycles. The van der Waals surface area contributed by atoms with Gasteiger partial charge < -0.3 is 4.42 Å². The van der Waals surface area contributed by atoms with Gasteiger partial charge >= 0.3 is 0 Å². The summed E-state index contributed by atoms with van der Waals surface area (Å²) in [5, 5.41) is 2.01. The van der Waals surface area contributed by atoms with E-state index < -0.39 is 10.0 Å². The highest BCUT2D eigenvalue weighted by Gasteiger charge is 2.28. The van der Waals surface area contributed by atoms with Crippen molar-refractivity contribution >= 4 is 26.5 Å². The van der Waals surface area contributed by atoms with E-state index in [1.807, 2.05) is 0 Å². The molecule has 0 saturated carbocycles. The number of sulfonamides is 1. The van der Waals surface area contributed by atoms with Gasteiger partial charge in [0.1, 0.15) is 12.4 Å². The molecule has 0 unspecified atom stereocenters. The van der Waals surface area contributed by atoms with Crippen molar-refractivity contribution < 1.29 is 17.2 Å². The molecule has 0 bridgehead atoms. The minimum absolute atomic E-state index is 0.119. The molecule has 0 N–H and O–H groups in total. The van der Waals surface area contributed by atoms with Crippen molar-refractivity contribution in [2.75, 3.05) is 4.31 Å². The minimum Gasteiger partial charge on any atom is -0.439 e. The molecule has 4 rings (SSSR count). The maximum atomic E-state index is 13.1. The van der Waals surface area contributed by atoms with Gasteiger partial charge in [-0.25, -0.2) is 27.1 Å². The second-order valence-corrected chi connectivity index (χ2v) is 8.50. The Hall–Kier alpha value is -3.04. The summed E-state index contributed by atoms with van der Waals surface area (Å²) in [5.74, 6) is 0.271. The molecule has 0 radical (unpaired) electrons. The van der Waals surface area contributed by atoms with Crippen molar-refractivity contribution in [1.29, 1.82) is 0 Å². The summed E-state index contributed by atoms with van der Waals surface area (Å²) in [7, 11) is -3.85. The lowest BCUT2D eigenvalue weighted by Crippen LogP contribution is -2.30.